The van der Waals surface area contributed by atoms with Crippen molar-refractivity contribution in [2.75, 3.05) is 19.7 Å². The first-order valence-corrected chi connectivity index (χ1v) is 9.87. The van der Waals surface area contributed by atoms with Crippen molar-refractivity contribution in [3.05, 3.63) is 95.2 Å². The van der Waals surface area contributed by atoms with Crippen molar-refractivity contribution in [3.8, 4) is 0 Å². The van der Waals surface area contributed by atoms with Gasteiger partial charge < -0.3 is 14.7 Å². The Labute approximate surface area is 175 Å². The number of hydrogen-bond donors (Lipinski definition) is 1. The first-order chi connectivity index (χ1) is 14.6. The highest BCUT2D eigenvalue weighted by molar-refractivity contribution is 6.13. The van der Waals surface area contributed by atoms with E-state index in [0.29, 0.717) is 25.5 Å². The molecular weight excluding hydrogens is 378 g/mol. The van der Waals surface area contributed by atoms with Crippen molar-refractivity contribution < 1.29 is 14.6 Å². The number of aromatic nitrogens is 1. The summed E-state index contributed by atoms with van der Waals surface area (Å²) in [5, 5.41) is 9.25. The van der Waals surface area contributed by atoms with Gasteiger partial charge in [-0.05, 0) is 18.6 Å². The van der Waals surface area contributed by atoms with Crippen LogP contribution >= 0.6 is 0 Å². The molecule has 152 valence electrons. The topological polar surface area (TPSA) is 75.0 Å². The highest BCUT2D eigenvalue weighted by Crippen LogP contribution is 2.26. The van der Waals surface area contributed by atoms with Crippen LogP contribution in [-0.2, 0) is 4.74 Å². The number of nitrogens with zero attached hydrogens (tertiary/aromatic N) is 3. The molecule has 1 aromatic heterocycles. The summed E-state index contributed by atoms with van der Waals surface area (Å²) < 4.78 is 5.78. The Morgan fingerprint density at radius 3 is 2.30 bits per heavy atom. The molecule has 0 bridgehead atoms. The second-order valence-electron chi connectivity index (χ2n) is 7.19. The molecule has 4 rings (SSSR count). The molecule has 1 fully saturated rings. The summed E-state index contributed by atoms with van der Waals surface area (Å²) in [4.78, 5) is 22.1. The molecule has 1 aliphatic rings. The summed E-state index contributed by atoms with van der Waals surface area (Å²) >= 11 is 0. The van der Waals surface area contributed by atoms with Gasteiger partial charge in [-0.25, -0.2) is 14.8 Å². The lowest BCUT2D eigenvalue weighted by Gasteiger charge is -2.31. The van der Waals surface area contributed by atoms with Crippen LogP contribution in [0.25, 0.3) is 0 Å². The van der Waals surface area contributed by atoms with Gasteiger partial charge in [0.05, 0.1) is 18.9 Å². The monoisotopic (exact) mass is 401 g/mol. The maximum absolute atomic E-state index is 11.3. The van der Waals surface area contributed by atoms with Gasteiger partial charge in [-0.1, -0.05) is 60.7 Å². The third kappa shape index (κ3) is 4.39. The van der Waals surface area contributed by atoms with Crippen LogP contribution in [0, 0.1) is 6.92 Å². The Hall–Kier alpha value is -3.51. The number of benzene rings is 2. The standard InChI is InChI=1S/C24H23N3O3/c1-17-14-20(21-16-27(24(28)29)12-13-30-21)15-25-23(17)26-22(18-8-4-2-5-9-18)19-10-6-3-7-11-19/h2-11,14-15,21H,12-13,16H2,1H3,(H,28,29). The molecule has 1 saturated heterocycles. The fourth-order valence-corrected chi connectivity index (χ4v) is 3.50. The average molecular weight is 401 g/mol. The first-order valence-electron chi connectivity index (χ1n) is 9.87. The van der Waals surface area contributed by atoms with Crippen molar-refractivity contribution in [2.45, 2.75) is 13.0 Å². The van der Waals surface area contributed by atoms with Gasteiger partial charge >= 0.3 is 6.09 Å². The van der Waals surface area contributed by atoms with Gasteiger partial charge in [-0.15, -0.1) is 0 Å². The number of carboxylic acid groups (broad SMARTS) is 1. The smallest absolute Gasteiger partial charge is 0.407 e. The average Bonchev–Trinajstić information content (AvgIpc) is 2.79. The molecular formula is C24H23N3O3. The molecule has 0 radical (unpaired) electrons. The molecule has 6 nitrogen and oxygen atoms in total. The quantitative estimate of drug-likeness (QED) is 0.648. The minimum atomic E-state index is -0.926. The first kappa shape index (κ1) is 19.8. The number of carbonyl (C=O) groups is 1. The van der Waals surface area contributed by atoms with E-state index in [2.05, 4.69) is 4.98 Å². The van der Waals surface area contributed by atoms with Gasteiger partial charge in [-0.3, -0.25) is 0 Å². The highest BCUT2D eigenvalue weighted by Gasteiger charge is 2.25. The number of hydrogen-bond acceptors (Lipinski definition) is 4. The Balaban J connectivity index is 1.67. The number of aryl methyl sites for hydroxylation is 1. The molecule has 30 heavy (non-hydrogen) atoms. The van der Waals surface area contributed by atoms with Crippen LogP contribution in [0.2, 0.25) is 0 Å². The van der Waals surface area contributed by atoms with Crippen LogP contribution in [0.5, 0.6) is 0 Å². The van der Waals surface area contributed by atoms with Gasteiger partial charge in [-0.2, -0.15) is 0 Å². The molecule has 0 aliphatic carbocycles. The van der Waals surface area contributed by atoms with Gasteiger partial charge in [0.2, 0.25) is 0 Å². The highest BCUT2D eigenvalue weighted by atomic mass is 16.5. The van der Waals surface area contributed by atoms with Gasteiger partial charge in [0.25, 0.3) is 0 Å². The van der Waals surface area contributed by atoms with Crippen LogP contribution in [0.4, 0.5) is 10.6 Å². The number of rotatable bonds is 4. The largest absolute Gasteiger partial charge is 0.465 e. The lowest BCUT2D eigenvalue weighted by molar-refractivity contribution is -0.0233. The maximum atomic E-state index is 11.3. The van der Waals surface area contributed by atoms with Crippen LogP contribution in [0.15, 0.2) is 77.9 Å². The number of ether oxygens (including phenoxy) is 1. The Bertz CT molecular complexity index is 1010. The molecule has 2 aromatic carbocycles. The maximum Gasteiger partial charge on any atom is 0.407 e. The summed E-state index contributed by atoms with van der Waals surface area (Å²) in [6.07, 6.45) is 0.487. The van der Waals surface area contributed by atoms with Crippen LogP contribution in [-0.4, -0.2) is 46.5 Å². The van der Waals surface area contributed by atoms with Gasteiger partial charge in [0, 0.05) is 29.4 Å². The lowest BCUT2D eigenvalue weighted by Crippen LogP contribution is -2.41. The Kier molecular flexibility index (Phi) is 5.86. The molecule has 2 heterocycles. The van der Waals surface area contributed by atoms with E-state index in [0.717, 1.165) is 28.0 Å². The molecule has 1 aliphatic heterocycles. The van der Waals surface area contributed by atoms with E-state index in [1.807, 2.05) is 73.7 Å². The van der Waals surface area contributed by atoms with Crippen molar-refractivity contribution in [1.82, 2.24) is 9.88 Å². The van der Waals surface area contributed by atoms with Crippen molar-refractivity contribution in [3.63, 3.8) is 0 Å². The summed E-state index contributed by atoms with van der Waals surface area (Å²) in [5.41, 5.74) is 4.65. The number of pyridine rings is 1. The van der Waals surface area contributed by atoms with Crippen molar-refractivity contribution in [2.24, 2.45) is 4.99 Å². The third-order valence-electron chi connectivity index (χ3n) is 5.09. The lowest BCUT2D eigenvalue weighted by atomic mass is 10.0. The van der Waals surface area contributed by atoms with E-state index in [1.54, 1.807) is 6.20 Å². The molecule has 3 aromatic rings. The summed E-state index contributed by atoms with van der Waals surface area (Å²) in [5.74, 6) is 0.632. The van der Waals surface area contributed by atoms with E-state index in [-0.39, 0.29) is 6.10 Å². The second-order valence-corrected chi connectivity index (χ2v) is 7.19. The zero-order chi connectivity index (χ0) is 20.9. The number of aliphatic imine (C=N–C) groups is 1. The predicted octanol–water partition coefficient (Wildman–Crippen LogP) is 4.61. The van der Waals surface area contributed by atoms with Gasteiger partial charge in [0.15, 0.2) is 5.82 Å². The Morgan fingerprint density at radius 1 is 1.10 bits per heavy atom. The van der Waals surface area contributed by atoms with E-state index in [1.165, 1.54) is 4.90 Å². The molecule has 1 atom stereocenters. The predicted molar refractivity (Wildman–Crippen MR) is 115 cm³/mol. The minimum absolute atomic E-state index is 0.304. The zero-order valence-corrected chi connectivity index (χ0v) is 16.7. The number of morpholine rings is 1. The summed E-state index contributed by atoms with van der Waals surface area (Å²) in [7, 11) is 0. The van der Waals surface area contributed by atoms with E-state index in [4.69, 9.17) is 9.73 Å². The van der Waals surface area contributed by atoms with Crippen LogP contribution < -0.4 is 0 Å². The van der Waals surface area contributed by atoms with E-state index in [9.17, 15) is 9.90 Å². The van der Waals surface area contributed by atoms with Gasteiger partial charge in [0.1, 0.15) is 6.10 Å². The molecule has 6 heteroatoms. The molecule has 1 N–H and O–H groups in total. The fourth-order valence-electron chi connectivity index (χ4n) is 3.50. The molecule has 0 saturated carbocycles. The summed E-state index contributed by atoms with van der Waals surface area (Å²) in [6.45, 7) is 3.03. The van der Waals surface area contributed by atoms with Crippen molar-refractivity contribution >= 4 is 17.6 Å². The fraction of sp³-hybridized carbons (Fsp3) is 0.208. The van der Waals surface area contributed by atoms with E-state index < -0.39 is 6.09 Å². The minimum Gasteiger partial charge on any atom is -0.465 e. The van der Waals surface area contributed by atoms with Crippen LogP contribution in [0.3, 0.4) is 0 Å². The van der Waals surface area contributed by atoms with Crippen molar-refractivity contribution in [1.29, 1.82) is 0 Å². The zero-order valence-electron chi connectivity index (χ0n) is 16.7. The van der Waals surface area contributed by atoms with E-state index >= 15 is 0 Å². The SMILES string of the molecule is Cc1cc(C2CN(C(=O)O)CCO2)cnc1N=C(c1ccccc1)c1ccccc1. The summed E-state index contributed by atoms with van der Waals surface area (Å²) in [6, 6.07) is 22.0. The Morgan fingerprint density at radius 2 is 1.73 bits per heavy atom. The molecule has 1 amide bonds. The molecule has 0 spiro atoms. The number of amides is 1. The van der Waals surface area contributed by atoms with Crippen LogP contribution in [0.1, 0.15) is 28.4 Å². The molecule has 1 unspecified atom stereocenters. The normalized spacial score (nSPS) is 16.2. The second kappa shape index (κ2) is 8.88. The third-order valence-corrected chi connectivity index (χ3v) is 5.09.